The zero-order valence-corrected chi connectivity index (χ0v) is 11.7. The Hall–Kier alpha value is -1.78. The average molecular weight is 288 g/mol. The van der Waals surface area contributed by atoms with Crippen molar-refractivity contribution in [3.8, 4) is 0 Å². The molecular formula is C17H18F2N2. The van der Waals surface area contributed by atoms with E-state index in [0.717, 1.165) is 37.2 Å². The molecule has 21 heavy (non-hydrogen) atoms. The molecule has 4 heteroatoms. The molecule has 1 heterocycles. The first-order chi connectivity index (χ1) is 10.2. The van der Waals surface area contributed by atoms with E-state index in [2.05, 4.69) is 10.6 Å². The highest BCUT2D eigenvalue weighted by atomic mass is 19.1. The smallest absolute Gasteiger partial charge is 0.123 e. The minimum absolute atomic E-state index is 0.115. The van der Waals surface area contributed by atoms with Gasteiger partial charge in [-0.1, -0.05) is 24.3 Å². The normalized spacial score (nSPS) is 17.0. The Bertz CT molecular complexity index is 538. The van der Waals surface area contributed by atoms with Crippen molar-refractivity contribution >= 4 is 0 Å². The third-order valence-electron chi connectivity index (χ3n) is 3.96. The standard InChI is InChI=1S/C17H18F2N2/c18-15-5-1-13(2-6-15)9-17(11-20-12-21-17)10-14-3-7-16(19)8-4-14/h1-8,20-21H,9-12H2. The lowest BCUT2D eigenvalue weighted by atomic mass is 9.85. The van der Waals surface area contributed by atoms with Gasteiger partial charge in [-0.15, -0.1) is 0 Å². The molecule has 0 amide bonds. The zero-order chi connectivity index (χ0) is 14.7. The van der Waals surface area contributed by atoms with E-state index in [1.54, 1.807) is 0 Å². The summed E-state index contributed by atoms with van der Waals surface area (Å²) in [4.78, 5) is 0. The van der Waals surface area contributed by atoms with Crippen LogP contribution in [0.3, 0.4) is 0 Å². The van der Waals surface area contributed by atoms with Gasteiger partial charge in [-0.05, 0) is 48.2 Å². The zero-order valence-electron chi connectivity index (χ0n) is 11.7. The molecule has 1 saturated heterocycles. The summed E-state index contributed by atoms with van der Waals surface area (Å²) < 4.78 is 26.0. The van der Waals surface area contributed by atoms with E-state index >= 15 is 0 Å². The molecular weight excluding hydrogens is 270 g/mol. The summed E-state index contributed by atoms with van der Waals surface area (Å²) in [6, 6.07) is 13.2. The molecule has 0 bridgehead atoms. The molecule has 1 aliphatic rings. The van der Waals surface area contributed by atoms with Gasteiger partial charge in [0.2, 0.25) is 0 Å². The SMILES string of the molecule is Fc1ccc(CC2(Cc3ccc(F)cc3)CNCN2)cc1. The molecule has 0 atom stereocenters. The highest BCUT2D eigenvalue weighted by Crippen LogP contribution is 2.21. The molecule has 0 saturated carbocycles. The fourth-order valence-electron chi connectivity index (χ4n) is 2.91. The maximum absolute atomic E-state index is 13.0. The summed E-state index contributed by atoms with van der Waals surface area (Å²) in [6.07, 6.45) is 1.61. The fourth-order valence-corrected chi connectivity index (χ4v) is 2.91. The third kappa shape index (κ3) is 3.46. The van der Waals surface area contributed by atoms with Crippen molar-refractivity contribution in [2.24, 2.45) is 0 Å². The Labute approximate surface area is 123 Å². The first kappa shape index (κ1) is 14.2. The molecule has 0 aliphatic carbocycles. The van der Waals surface area contributed by atoms with Crippen LogP contribution in [0.2, 0.25) is 0 Å². The molecule has 1 aliphatic heterocycles. The molecule has 0 radical (unpaired) electrons. The van der Waals surface area contributed by atoms with Gasteiger partial charge in [-0.25, -0.2) is 8.78 Å². The maximum atomic E-state index is 13.0. The van der Waals surface area contributed by atoms with E-state index in [1.807, 2.05) is 24.3 Å². The van der Waals surface area contributed by atoms with Crippen molar-refractivity contribution < 1.29 is 8.78 Å². The molecule has 110 valence electrons. The van der Waals surface area contributed by atoms with E-state index in [9.17, 15) is 8.78 Å². The molecule has 0 aromatic heterocycles. The Morgan fingerprint density at radius 1 is 0.810 bits per heavy atom. The topological polar surface area (TPSA) is 24.1 Å². The van der Waals surface area contributed by atoms with Crippen molar-refractivity contribution in [1.29, 1.82) is 0 Å². The van der Waals surface area contributed by atoms with Crippen molar-refractivity contribution in [2.45, 2.75) is 18.4 Å². The molecule has 0 spiro atoms. The molecule has 2 aromatic rings. The monoisotopic (exact) mass is 288 g/mol. The van der Waals surface area contributed by atoms with Crippen LogP contribution >= 0.6 is 0 Å². The third-order valence-corrected chi connectivity index (χ3v) is 3.96. The van der Waals surface area contributed by atoms with Crippen molar-refractivity contribution in [3.63, 3.8) is 0 Å². The number of rotatable bonds is 4. The van der Waals surface area contributed by atoms with Crippen molar-refractivity contribution in [3.05, 3.63) is 71.3 Å². The Balaban J connectivity index is 1.79. The highest BCUT2D eigenvalue weighted by molar-refractivity contribution is 5.24. The molecule has 0 unspecified atom stereocenters. The van der Waals surface area contributed by atoms with Crippen molar-refractivity contribution in [1.82, 2.24) is 10.6 Å². The number of benzene rings is 2. The van der Waals surface area contributed by atoms with Crippen LogP contribution in [0.1, 0.15) is 11.1 Å². The Kier molecular flexibility index (Phi) is 3.99. The van der Waals surface area contributed by atoms with Crippen LogP contribution in [0, 0.1) is 11.6 Å². The van der Waals surface area contributed by atoms with Gasteiger partial charge in [0.05, 0.1) is 0 Å². The van der Waals surface area contributed by atoms with E-state index in [-0.39, 0.29) is 17.2 Å². The Morgan fingerprint density at radius 2 is 1.29 bits per heavy atom. The largest absolute Gasteiger partial charge is 0.303 e. The van der Waals surface area contributed by atoms with Gasteiger partial charge in [0.15, 0.2) is 0 Å². The maximum Gasteiger partial charge on any atom is 0.123 e. The number of nitrogens with one attached hydrogen (secondary N) is 2. The van der Waals surface area contributed by atoms with Gasteiger partial charge < -0.3 is 5.32 Å². The van der Waals surface area contributed by atoms with Gasteiger partial charge >= 0.3 is 0 Å². The van der Waals surface area contributed by atoms with E-state index in [1.165, 1.54) is 24.3 Å². The average Bonchev–Trinajstić information content (AvgIpc) is 2.92. The lowest BCUT2D eigenvalue weighted by molar-refractivity contribution is 0.392. The summed E-state index contributed by atoms with van der Waals surface area (Å²) >= 11 is 0. The van der Waals surface area contributed by atoms with Gasteiger partial charge in [0, 0.05) is 18.8 Å². The van der Waals surface area contributed by atoms with Gasteiger partial charge in [-0.3, -0.25) is 5.32 Å². The molecule has 3 rings (SSSR count). The lowest BCUT2D eigenvalue weighted by Gasteiger charge is -2.29. The molecule has 2 nitrogen and oxygen atoms in total. The summed E-state index contributed by atoms with van der Waals surface area (Å²) in [7, 11) is 0. The minimum atomic E-state index is -0.219. The van der Waals surface area contributed by atoms with Crippen LogP contribution in [0.5, 0.6) is 0 Å². The fraction of sp³-hybridized carbons (Fsp3) is 0.294. The summed E-state index contributed by atoms with van der Waals surface area (Å²) in [5, 5.41) is 6.81. The first-order valence-electron chi connectivity index (χ1n) is 7.10. The van der Waals surface area contributed by atoms with Gasteiger partial charge in [-0.2, -0.15) is 0 Å². The van der Waals surface area contributed by atoms with Crippen LogP contribution < -0.4 is 10.6 Å². The Morgan fingerprint density at radius 3 is 1.67 bits per heavy atom. The van der Waals surface area contributed by atoms with E-state index in [0.29, 0.717) is 0 Å². The summed E-state index contributed by atoms with van der Waals surface area (Å²) in [6.45, 7) is 1.59. The summed E-state index contributed by atoms with van der Waals surface area (Å²) in [5.41, 5.74) is 2.07. The van der Waals surface area contributed by atoms with Crippen LogP contribution in [0.25, 0.3) is 0 Å². The number of hydrogen-bond donors (Lipinski definition) is 2. The van der Waals surface area contributed by atoms with Crippen LogP contribution in [-0.4, -0.2) is 18.8 Å². The molecule has 2 aromatic carbocycles. The quantitative estimate of drug-likeness (QED) is 0.904. The van der Waals surface area contributed by atoms with Gasteiger partial charge in [0.1, 0.15) is 11.6 Å². The number of halogens is 2. The second-order valence-electron chi connectivity index (χ2n) is 5.67. The van der Waals surface area contributed by atoms with Crippen LogP contribution in [-0.2, 0) is 12.8 Å². The minimum Gasteiger partial charge on any atom is -0.303 e. The van der Waals surface area contributed by atoms with Crippen LogP contribution in [0.4, 0.5) is 8.78 Å². The molecule has 2 N–H and O–H groups in total. The molecule has 1 fully saturated rings. The predicted octanol–water partition coefficient (Wildman–Crippen LogP) is 2.64. The lowest BCUT2D eigenvalue weighted by Crippen LogP contribution is -2.46. The second-order valence-corrected chi connectivity index (χ2v) is 5.67. The van der Waals surface area contributed by atoms with E-state index in [4.69, 9.17) is 0 Å². The number of hydrogen-bond acceptors (Lipinski definition) is 2. The first-order valence-corrected chi connectivity index (χ1v) is 7.10. The highest BCUT2D eigenvalue weighted by Gasteiger charge is 2.33. The van der Waals surface area contributed by atoms with E-state index < -0.39 is 0 Å². The summed E-state index contributed by atoms with van der Waals surface area (Å²) in [5.74, 6) is -0.437. The second kappa shape index (κ2) is 5.92. The van der Waals surface area contributed by atoms with Crippen LogP contribution in [0.15, 0.2) is 48.5 Å². The van der Waals surface area contributed by atoms with Gasteiger partial charge in [0.25, 0.3) is 0 Å². The predicted molar refractivity (Wildman–Crippen MR) is 78.9 cm³/mol. The van der Waals surface area contributed by atoms with Crippen molar-refractivity contribution in [2.75, 3.05) is 13.2 Å².